The van der Waals surface area contributed by atoms with Crippen LogP contribution in [-0.2, 0) is 0 Å². The zero-order chi connectivity index (χ0) is 6.97. The second-order valence-electron chi connectivity index (χ2n) is 1.94. The highest BCUT2D eigenvalue weighted by Crippen LogP contribution is 2.10. The second kappa shape index (κ2) is 1.95. The summed E-state index contributed by atoms with van der Waals surface area (Å²) in [5.74, 6) is 0. The quantitative estimate of drug-likeness (QED) is 0.584. The van der Waals surface area contributed by atoms with E-state index in [-0.39, 0.29) is 0 Å². The lowest BCUT2D eigenvalue weighted by atomic mass is 10.3. The number of aromatic nitrogens is 1. The van der Waals surface area contributed by atoms with E-state index in [1.165, 1.54) is 0 Å². The number of aromatic amines is 1. The molecule has 3 heteroatoms. The molecule has 0 spiro atoms. The van der Waals surface area contributed by atoms with Crippen molar-refractivity contribution in [2.45, 2.75) is 0 Å². The Morgan fingerprint density at radius 3 is 3.30 bits per heavy atom. The fourth-order valence-corrected chi connectivity index (χ4v) is 1.04. The summed E-state index contributed by atoms with van der Waals surface area (Å²) < 4.78 is 5.10. The summed E-state index contributed by atoms with van der Waals surface area (Å²) in [6.45, 7) is 0. The van der Waals surface area contributed by atoms with Crippen LogP contribution < -0.4 is 0 Å². The first kappa shape index (κ1) is 5.68. The van der Waals surface area contributed by atoms with Crippen LogP contribution in [0.5, 0.6) is 0 Å². The highest BCUT2D eigenvalue weighted by Gasteiger charge is 1.93. The van der Waals surface area contributed by atoms with Crippen LogP contribution in [-0.4, -0.2) is 4.98 Å². The molecule has 1 N–H and O–H groups in total. The first-order chi connectivity index (χ1) is 4.86. The van der Waals surface area contributed by atoms with E-state index in [2.05, 4.69) is 11.1 Å². The molecule has 0 aliphatic heterocycles. The zero-order valence-corrected chi connectivity index (χ0v) is 5.87. The molecule has 1 aromatic carbocycles. The average molecular weight is 150 g/mol. The van der Waals surface area contributed by atoms with Gasteiger partial charge in [0.15, 0.2) is 5.58 Å². The van der Waals surface area contributed by atoms with E-state index in [1.54, 1.807) is 6.07 Å². The van der Waals surface area contributed by atoms with Crippen LogP contribution in [0.1, 0.15) is 0 Å². The Hall–Kier alpha value is -1.09. The van der Waals surface area contributed by atoms with E-state index in [0.29, 0.717) is 4.84 Å². The van der Waals surface area contributed by atoms with Gasteiger partial charge in [-0.05, 0) is 30.4 Å². The predicted molar refractivity (Wildman–Crippen MR) is 40.2 cm³/mol. The Balaban J connectivity index is 3.01. The minimum Gasteiger partial charge on any atom is -0.429 e. The van der Waals surface area contributed by atoms with Crippen molar-refractivity contribution >= 4 is 23.3 Å². The topological polar surface area (TPSA) is 28.9 Å². The third-order valence-corrected chi connectivity index (χ3v) is 1.45. The molecule has 0 unspecified atom stereocenters. The molecule has 2 rings (SSSR count). The first-order valence-corrected chi connectivity index (χ1v) is 3.26. The fourth-order valence-electron chi connectivity index (χ4n) is 0.838. The van der Waals surface area contributed by atoms with Crippen LogP contribution in [0, 0.1) is 10.9 Å². The van der Waals surface area contributed by atoms with E-state index in [0.717, 1.165) is 11.1 Å². The van der Waals surface area contributed by atoms with Crippen LogP contribution in [0.3, 0.4) is 0 Å². The van der Waals surface area contributed by atoms with Gasteiger partial charge in [0, 0.05) is 0 Å². The standard InChI is InChI=1S/C7H4NOS/c10-7-8-5-3-1-2-4-6(5)9-7/h1,3-4H,(H,8,10). The lowest BCUT2D eigenvalue weighted by Crippen LogP contribution is -1.63. The molecule has 1 aromatic heterocycles. The smallest absolute Gasteiger partial charge is 0.266 e. The van der Waals surface area contributed by atoms with Gasteiger partial charge < -0.3 is 9.40 Å². The summed E-state index contributed by atoms with van der Waals surface area (Å²) in [4.78, 5) is 3.30. The Morgan fingerprint density at radius 2 is 2.50 bits per heavy atom. The molecule has 0 aliphatic carbocycles. The molecule has 0 atom stereocenters. The van der Waals surface area contributed by atoms with Crippen molar-refractivity contribution < 1.29 is 4.42 Å². The molecule has 10 heavy (non-hydrogen) atoms. The number of oxazole rings is 1. The van der Waals surface area contributed by atoms with Gasteiger partial charge in [0.05, 0.1) is 5.52 Å². The van der Waals surface area contributed by atoms with Crippen LogP contribution in [0.25, 0.3) is 11.1 Å². The molecule has 0 amide bonds. The Bertz CT molecular complexity index is 365. The summed E-state index contributed by atoms with van der Waals surface area (Å²) in [5.41, 5.74) is 1.68. The average Bonchev–Trinajstić information content (AvgIpc) is 2.27. The number of H-pyrrole nitrogens is 1. The molecular formula is C7H4NOS. The number of hydrogen-bond acceptors (Lipinski definition) is 2. The number of rotatable bonds is 0. The molecule has 1 radical (unpaired) electrons. The van der Waals surface area contributed by atoms with Crippen molar-refractivity contribution in [3.63, 3.8) is 0 Å². The number of nitrogens with one attached hydrogen (secondary N) is 1. The van der Waals surface area contributed by atoms with Crippen LogP contribution in [0.2, 0.25) is 0 Å². The highest BCUT2D eigenvalue weighted by molar-refractivity contribution is 7.71. The Morgan fingerprint density at radius 1 is 1.60 bits per heavy atom. The third kappa shape index (κ3) is 0.752. The van der Waals surface area contributed by atoms with Gasteiger partial charge in [-0.25, -0.2) is 0 Å². The first-order valence-electron chi connectivity index (χ1n) is 2.85. The molecule has 1 heterocycles. The molecule has 0 aliphatic rings. The van der Waals surface area contributed by atoms with Gasteiger partial charge in [-0.15, -0.1) is 0 Å². The summed E-state index contributed by atoms with van der Waals surface area (Å²) in [6, 6.07) is 8.32. The Labute approximate surface area is 62.5 Å². The van der Waals surface area contributed by atoms with Gasteiger partial charge in [-0.2, -0.15) is 0 Å². The van der Waals surface area contributed by atoms with Gasteiger partial charge in [0.2, 0.25) is 0 Å². The van der Waals surface area contributed by atoms with E-state index in [1.807, 2.05) is 12.1 Å². The maximum Gasteiger partial charge on any atom is 0.266 e. The molecule has 0 saturated heterocycles. The fraction of sp³-hybridized carbons (Fsp3) is 0. The SMILES string of the molecule is S=c1[nH]c2cc[c]cc2o1. The van der Waals surface area contributed by atoms with Gasteiger partial charge in [-0.3, -0.25) is 0 Å². The van der Waals surface area contributed by atoms with Gasteiger partial charge in [-0.1, -0.05) is 6.07 Å². The summed E-state index contributed by atoms with van der Waals surface area (Å²) in [6.07, 6.45) is 0. The van der Waals surface area contributed by atoms with Crippen LogP contribution >= 0.6 is 12.2 Å². The number of hydrogen-bond donors (Lipinski definition) is 1. The minimum atomic E-state index is 0.412. The number of benzene rings is 1. The van der Waals surface area contributed by atoms with Crippen molar-refractivity contribution in [2.75, 3.05) is 0 Å². The van der Waals surface area contributed by atoms with Crippen molar-refractivity contribution in [2.24, 2.45) is 0 Å². The second-order valence-corrected chi connectivity index (χ2v) is 2.31. The molecule has 2 nitrogen and oxygen atoms in total. The number of fused-ring (bicyclic) bond motifs is 1. The van der Waals surface area contributed by atoms with Gasteiger partial charge in [0.1, 0.15) is 0 Å². The Kier molecular flexibility index (Phi) is 1.11. The molecule has 49 valence electrons. The van der Waals surface area contributed by atoms with E-state index >= 15 is 0 Å². The lowest BCUT2D eigenvalue weighted by Gasteiger charge is -1.79. The van der Waals surface area contributed by atoms with Crippen molar-refractivity contribution in [1.29, 1.82) is 0 Å². The summed E-state index contributed by atoms with van der Waals surface area (Å²) in [5, 5.41) is 0. The monoisotopic (exact) mass is 150 g/mol. The summed E-state index contributed by atoms with van der Waals surface area (Å²) in [7, 11) is 0. The van der Waals surface area contributed by atoms with Crippen molar-refractivity contribution in [3.05, 3.63) is 29.1 Å². The van der Waals surface area contributed by atoms with E-state index < -0.39 is 0 Å². The molecule has 0 fully saturated rings. The van der Waals surface area contributed by atoms with Gasteiger partial charge >= 0.3 is 0 Å². The normalized spacial score (nSPS) is 10.4. The van der Waals surface area contributed by atoms with Crippen LogP contribution in [0.15, 0.2) is 22.6 Å². The summed E-state index contributed by atoms with van der Waals surface area (Å²) >= 11 is 4.78. The van der Waals surface area contributed by atoms with Crippen LogP contribution in [0.4, 0.5) is 0 Å². The van der Waals surface area contributed by atoms with Crippen molar-refractivity contribution in [1.82, 2.24) is 4.98 Å². The molecule has 0 bridgehead atoms. The van der Waals surface area contributed by atoms with E-state index in [9.17, 15) is 0 Å². The zero-order valence-electron chi connectivity index (χ0n) is 5.05. The molecular weight excluding hydrogens is 146 g/mol. The van der Waals surface area contributed by atoms with E-state index in [4.69, 9.17) is 16.6 Å². The maximum absolute atomic E-state index is 5.10. The molecule has 0 saturated carbocycles. The van der Waals surface area contributed by atoms with Crippen molar-refractivity contribution in [3.8, 4) is 0 Å². The molecule has 2 aromatic rings. The van der Waals surface area contributed by atoms with Gasteiger partial charge in [0.25, 0.3) is 4.84 Å². The minimum absolute atomic E-state index is 0.412. The lowest BCUT2D eigenvalue weighted by molar-refractivity contribution is 0.583. The third-order valence-electron chi connectivity index (χ3n) is 1.27. The largest absolute Gasteiger partial charge is 0.429 e. The predicted octanol–water partition coefficient (Wildman–Crippen LogP) is 2.29. The maximum atomic E-state index is 5.10. The highest BCUT2D eigenvalue weighted by atomic mass is 32.1.